The van der Waals surface area contributed by atoms with Gasteiger partial charge < -0.3 is 10.6 Å². The maximum absolute atomic E-state index is 7.38. The number of anilines is 1. The summed E-state index contributed by atoms with van der Waals surface area (Å²) in [5.41, 5.74) is 7.52. The molecule has 0 amide bonds. The Morgan fingerprint density at radius 1 is 1.20 bits per heavy atom. The molecule has 0 saturated carbocycles. The van der Waals surface area contributed by atoms with E-state index >= 15 is 0 Å². The molecular weight excluding hydrogens is 248 g/mol. The molecule has 3 N–H and O–H groups in total. The van der Waals surface area contributed by atoms with Crippen LogP contribution in [0.2, 0.25) is 0 Å². The predicted octanol–water partition coefficient (Wildman–Crippen LogP) is 2.36. The van der Waals surface area contributed by atoms with E-state index in [4.69, 9.17) is 11.1 Å². The summed E-state index contributed by atoms with van der Waals surface area (Å²) in [4.78, 5) is 6.71. The van der Waals surface area contributed by atoms with Crippen LogP contribution in [0.3, 0.4) is 0 Å². The molecule has 0 radical (unpaired) electrons. The molecule has 2 aromatic rings. The first-order chi connectivity index (χ1) is 9.74. The molecule has 4 nitrogen and oxygen atoms in total. The van der Waals surface area contributed by atoms with Crippen LogP contribution in [0, 0.1) is 5.41 Å². The predicted molar refractivity (Wildman–Crippen MR) is 81.3 cm³/mol. The van der Waals surface area contributed by atoms with Crippen molar-refractivity contribution in [2.75, 3.05) is 18.0 Å². The first-order valence-electron chi connectivity index (χ1n) is 6.84. The van der Waals surface area contributed by atoms with Gasteiger partial charge in [-0.05, 0) is 24.1 Å². The standard InChI is InChI=1S/C16H18N4/c17-16(18)13-6-7-15(19-10-13)20-9-8-14(11-20)12-4-2-1-3-5-12/h1-7,10,14H,8-9,11H2,(H3,17,18). The van der Waals surface area contributed by atoms with Gasteiger partial charge in [0.2, 0.25) is 0 Å². The van der Waals surface area contributed by atoms with Gasteiger partial charge in [-0.2, -0.15) is 0 Å². The van der Waals surface area contributed by atoms with Crippen molar-refractivity contribution in [1.82, 2.24) is 4.98 Å². The van der Waals surface area contributed by atoms with Gasteiger partial charge in [0.1, 0.15) is 11.7 Å². The van der Waals surface area contributed by atoms with Crippen molar-refractivity contribution in [2.24, 2.45) is 5.73 Å². The highest BCUT2D eigenvalue weighted by atomic mass is 15.2. The minimum absolute atomic E-state index is 0.0626. The summed E-state index contributed by atoms with van der Waals surface area (Å²) >= 11 is 0. The van der Waals surface area contributed by atoms with Crippen molar-refractivity contribution >= 4 is 11.7 Å². The Hall–Kier alpha value is -2.36. The lowest BCUT2D eigenvalue weighted by molar-refractivity contribution is 0.774. The molecule has 1 aromatic heterocycles. The molecule has 0 spiro atoms. The summed E-state index contributed by atoms with van der Waals surface area (Å²) in [5, 5.41) is 7.38. The smallest absolute Gasteiger partial charge is 0.128 e. The number of nitrogens with one attached hydrogen (secondary N) is 1. The van der Waals surface area contributed by atoms with E-state index in [-0.39, 0.29) is 5.84 Å². The van der Waals surface area contributed by atoms with E-state index in [2.05, 4.69) is 40.2 Å². The van der Waals surface area contributed by atoms with Gasteiger partial charge >= 0.3 is 0 Å². The van der Waals surface area contributed by atoms with Crippen molar-refractivity contribution < 1.29 is 0 Å². The summed E-state index contributed by atoms with van der Waals surface area (Å²) in [5.74, 6) is 1.60. The zero-order valence-electron chi connectivity index (χ0n) is 11.3. The number of pyridine rings is 1. The highest BCUT2D eigenvalue weighted by molar-refractivity contribution is 5.94. The number of hydrogen-bond donors (Lipinski definition) is 2. The van der Waals surface area contributed by atoms with Crippen LogP contribution >= 0.6 is 0 Å². The quantitative estimate of drug-likeness (QED) is 0.662. The summed E-state index contributed by atoms with van der Waals surface area (Å²) in [6.45, 7) is 2.02. The minimum Gasteiger partial charge on any atom is -0.384 e. The van der Waals surface area contributed by atoms with Gasteiger partial charge in [-0.3, -0.25) is 5.41 Å². The molecule has 1 unspecified atom stereocenters. The Bertz CT molecular complexity index is 592. The number of hydrogen-bond acceptors (Lipinski definition) is 3. The topological polar surface area (TPSA) is 66.0 Å². The molecule has 1 aromatic carbocycles. The van der Waals surface area contributed by atoms with Gasteiger partial charge in [-0.15, -0.1) is 0 Å². The zero-order chi connectivity index (χ0) is 13.9. The molecule has 0 bridgehead atoms. The number of aromatic nitrogens is 1. The average Bonchev–Trinajstić information content (AvgIpc) is 2.98. The largest absolute Gasteiger partial charge is 0.384 e. The molecule has 4 heteroatoms. The zero-order valence-corrected chi connectivity index (χ0v) is 11.3. The van der Waals surface area contributed by atoms with E-state index in [0.29, 0.717) is 11.5 Å². The van der Waals surface area contributed by atoms with E-state index in [1.54, 1.807) is 6.20 Å². The van der Waals surface area contributed by atoms with E-state index in [1.807, 2.05) is 12.1 Å². The first kappa shape index (κ1) is 12.7. The van der Waals surface area contributed by atoms with Crippen LogP contribution in [-0.4, -0.2) is 23.9 Å². The number of nitrogen functional groups attached to an aromatic ring is 1. The molecule has 20 heavy (non-hydrogen) atoms. The SMILES string of the molecule is N=C(N)c1ccc(N2CCC(c3ccccc3)C2)nc1. The average molecular weight is 266 g/mol. The van der Waals surface area contributed by atoms with Crippen LogP contribution in [0.4, 0.5) is 5.82 Å². The fourth-order valence-corrected chi connectivity index (χ4v) is 2.70. The Labute approximate surface area is 118 Å². The van der Waals surface area contributed by atoms with Gasteiger partial charge in [0.15, 0.2) is 0 Å². The van der Waals surface area contributed by atoms with Crippen LogP contribution in [0.5, 0.6) is 0 Å². The Kier molecular flexibility index (Phi) is 3.37. The van der Waals surface area contributed by atoms with Gasteiger partial charge in [0.05, 0.1) is 0 Å². The molecule has 1 aliphatic rings. The Morgan fingerprint density at radius 3 is 2.65 bits per heavy atom. The lowest BCUT2D eigenvalue weighted by Crippen LogP contribution is -2.21. The highest BCUT2D eigenvalue weighted by Gasteiger charge is 2.24. The van der Waals surface area contributed by atoms with Crippen LogP contribution in [0.25, 0.3) is 0 Å². The molecule has 1 atom stereocenters. The Balaban J connectivity index is 1.72. The van der Waals surface area contributed by atoms with Crippen molar-refractivity contribution in [3.8, 4) is 0 Å². The molecule has 3 rings (SSSR count). The van der Waals surface area contributed by atoms with Gasteiger partial charge in [-0.25, -0.2) is 4.98 Å². The second kappa shape index (κ2) is 5.33. The van der Waals surface area contributed by atoms with Crippen LogP contribution in [-0.2, 0) is 0 Å². The second-order valence-electron chi connectivity index (χ2n) is 5.16. The number of rotatable bonds is 3. The molecule has 2 heterocycles. The number of nitrogens with zero attached hydrogens (tertiary/aromatic N) is 2. The third-order valence-corrected chi connectivity index (χ3v) is 3.84. The third-order valence-electron chi connectivity index (χ3n) is 3.84. The van der Waals surface area contributed by atoms with Gasteiger partial charge in [0, 0.05) is 30.8 Å². The molecular formula is C16H18N4. The third kappa shape index (κ3) is 2.50. The fourth-order valence-electron chi connectivity index (χ4n) is 2.70. The fraction of sp³-hybridized carbons (Fsp3) is 0.250. The highest BCUT2D eigenvalue weighted by Crippen LogP contribution is 2.29. The summed E-state index contributed by atoms with van der Waals surface area (Å²) < 4.78 is 0. The Morgan fingerprint density at radius 2 is 2.00 bits per heavy atom. The minimum atomic E-state index is 0.0626. The molecule has 0 aliphatic carbocycles. The molecule has 1 saturated heterocycles. The van der Waals surface area contributed by atoms with Gasteiger partial charge in [-0.1, -0.05) is 30.3 Å². The van der Waals surface area contributed by atoms with E-state index < -0.39 is 0 Å². The maximum atomic E-state index is 7.38. The maximum Gasteiger partial charge on any atom is 0.128 e. The van der Waals surface area contributed by atoms with Crippen LogP contribution in [0.15, 0.2) is 48.7 Å². The van der Waals surface area contributed by atoms with E-state index in [9.17, 15) is 0 Å². The van der Waals surface area contributed by atoms with Crippen LogP contribution in [0.1, 0.15) is 23.5 Å². The first-order valence-corrected chi connectivity index (χ1v) is 6.84. The van der Waals surface area contributed by atoms with Crippen LogP contribution < -0.4 is 10.6 Å². The lowest BCUT2D eigenvalue weighted by atomic mass is 9.99. The normalized spacial score (nSPS) is 18.2. The monoisotopic (exact) mass is 266 g/mol. The van der Waals surface area contributed by atoms with E-state index in [1.165, 1.54) is 5.56 Å². The molecule has 102 valence electrons. The summed E-state index contributed by atoms with van der Waals surface area (Å²) in [7, 11) is 0. The number of benzene rings is 1. The summed E-state index contributed by atoms with van der Waals surface area (Å²) in [6, 6.07) is 14.4. The number of nitrogens with two attached hydrogens (primary N) is 1. The lowest BCUT2D eigenvalue weighted by Gasteiger charge is -2.17. The van der Waals surface area contributed by atoms with Crippen molar-refractivity contribution in [3.05, 3.63) is 59.8 Å². The van der Waals surface area contributed by atoms with Crippen molar-refractivity contribution in [3.63, 3.8) is 0 Å². The molecule has 1 fully saturated rings. The van der Waals surface area contributed by atoms with E-state index in [0.717, 1.165) is 25.3 Å². The summed E-state index contributed by atoms with van der Waals surface area (Å²) in [6.07, 6.45) is 2.83. The second-order valence-corrected chi connectivity index (χ2v) is 5.16. The van der Waals surface area contributed by atoms with Crippen molar-refractivity contribution in [2.45, 2.75) is 12.3 Å². The van der Waals surface area contributed by atoms with Crippen molar-refractivity contribution in [1.29, 1.82) is 5.41 Å². The van der Waals surface area contributed by atoms with Gasteiger partial charge in [0.25, 0.3) is 0 Å². The number of amidine groups is 1. The molecule has 1 aliphatic heterocycles.